The zero-order valence-corrected chi connectivity index (χ0v) is 13.5. The predicted octanol–water partition coefficient (Wildman–Crippen LogP) is 2.62. The van der Waals surface area contributed by atoms with Crippen molar-refractivity contribution in [3.05, 3.63) is 47.8 Å². The number of halogens is 3. The predicted molar refractivity (Wildman–Crippen MR) is 86.5 cm³/mol. The van der Waals surface area contributed by atoms with Crippen molar-refractivity contribution in [2.75, 3.05) is 19.6 Å². The van der Waals surface area contributed by atoms with E-state index in [1.165, 1.54) is 12.3 Å². The molecular weight excluding hydrogens is 333 g/mol. The number of benzene rings is 1. The van der Waals surface area contributed by atoms with Crippen molar-refractivity contribution < 1.29 is 18.0 Å². The van der Waals surface area contributed by atoms with E-state index in [0.717, 1.165) is 36.7 Å². The van der Waals surface area contributed by atoms with Gasteiger partial charge < -0.3 is 10.6 Å². The third kappa shape index (κ3) is 4.39. The molecule has 1 fully saturated rings. The molecule has 0 radical (unpaired) electrons. The van der Waals surface area contributed by atoms with Gasteiger partial charge in [0.1, 0.15) is 0 Å². The maximum absolute atomic E-state index is 12.7. The number of alkyl halides is 3. The number of piperidine rings is 1. The van der Waals surface area contributed by atoms with Gasteiger partial charge in [0.15, 0.2) is 5.69 Å². The van der Waals surface area contributed by atoms with E-state index in [4.69, 9.17) is 0 Å². The van der Waals surface area contributed by atoms with Crippen molar-refractivity contribution in [1.29, 1.82) is 0 Å². The first kappa shape index (κ1) is 17.5. The Hall–Kier alpha value is -2.35. The number of aromatic nitrogens is 2. The van der Waals surface area contributed by atoms with Crippen molar-refractivity contribution in [1.82, 2.24) is 20.4 Å². The molecule has 1 atom stereocenters. The smallest absolute Gasteiger partial charge is 0.352 e. The Morgan fingerprint density at radius 1 is 1.36 bits per heavy atom. The van der Waals surface area contributed by atoms with Gasteiger partial charge in [-0.3, -0.25) is 4.79 Å². The third-order valence-electron chi connectivity index (χ3n) is 4.20. The van der Waals surface area contributed by atoms with Crippen molar-refractivity contribution >= 4 is 5.91 Å². The number of hydrogen-bond donors (Lipinski definition) is 2. The summed E-state index contributed by atoms with van der Waals surface area (Å²) in [5, 5.41) is 9.70. The Morgan fingerprint density at radius 3 is 2.88 bits per heavy atom. The molecule has 1 unspecified atom stereocenters. The highest BCUT2D eigenvalue weighted by molar-refractivity contribution is 5.94. The van der Waals surface area contributed by atoms with E-state index >= 15 is 0 Å². The quantitative estimate of drug-likeness (QED) is 0.889. The van der Waals surface area contributed by atoms with Gasteiger partial charge >= 0.3 is 6.18 Å². The molecule has 2 heterocycles. The van der Waals surface area contributed by atoms with Gasteiger partial charge in [0, 0.05) is 18.3 Å². The van der Waals surface area contributed by atoms with E-state index in [1.807, 2.05) is 0 Å². The average Bonchev–Trinajstić information content (AvgIpc) is 3.11. The van der Waals surface area contributed by atoms with Crippen LogP contribution in [0.2, 0.25) is 0 Å². The fourth-order valence-corrected chi connectivity index (χ4v) is 2.85. The normalized spacial score (nSPS) is 18.1. The van der Waals surface area contributed by atoms with Crippen LogP contribution in [0.25, 0.3) is 5.69 Å². The van der Waals surface area contributed by atoms with Gasteiger partial charge in [0.05, 0.1) is 5.69 Å². The molecular formula is C17H19F3N4O. The minimum Gasteiger partial charge on any atom is -0.352 e. The second-order valence-electron chi connectivity index (χ2n) is 6.12. The van der Waals surface area contributed by atoms with Crippen LogP contribution in [0.4, 0.5) is 13.2 Å². The van der Waals surface area contributed by atoms with E-state index in [1.54, 1.807) is 18.2 Å². The van der Waals surface area contributed by atoms with E-state index in [0.29, 0.717) is 23.7 Å². The van der Waals surface area contributed by atoms with E-state index in [9.17, 15) is 18.0 Å². The van der Waals surface area contributed by atoms with Crippen LogP contribution in [0.3, 0.4) is 0 Å². The van der Waals surface area contributed by atoms with Crippen molar-refractivity contribution in [3.8, 4) is 5.69 Å². The maximum Gasteiger partial charge on any atom is 0.435 e. The summed E-state index contributed by atoms with van der Waals surface area (Å²) in [6, 6.07) is 7.30. The minimum absolute atomic E-state index is 0.240. The monoisotopic (exact) mass is 352 g/mol. The standard InChI is InChI=1S/C17H19F3N4O/c18-17(19,20)15-6-8-24(23-15)14-5-1-4-13(9-14)16(25)22-11-12-3-2-7-21-10-12/h1,4-6,8-9,12,21H,2-3,7,10-11H2,(H,22,25). The summed E-state index contributed by atoms with van der Waals surface area (Å²) in [5.74, 6) is 0.164. The minimum atomic E-state index is -4.49. The lowest BCUT2D eigenvalue weighted by molar-refractivity contribution is -0.141. The summed E-state index contributed by atoms with van der Waals surface area (Å²) in [4.78, 5) is 12.3. The largest absolute Gasteiger partial charge is 0.435 e. The van der Waals surface area contributed by atoms with Crippen molar-refractivity contribution in [3.63, 3.8) is 0 Å². The number of carbonyl (C=O) groups excluding carboxylic acids is 1. The molecule has 0 saturated carbocycles. The first-order valence-electron chi connectivity index (χ1n) is 8.16. The van der Waals surface area contributed by atoms with Gasteiger partial charge in [-0.05, 0) is 56.1 Å². The van der Waals surface area contributed by atoms with Gasteiger partial charge in [-0.15, -0.1) is 0 Å². The van der Waals surface area contributed by atoms with Gasteiger partial charge in [0.2, 0.25) is 0 Å². The molecule has 0 bridgehead atoms. The summed E-state index contributed by atoms with van der Waals surface area (Å²) in [6.45, 7) is 2.47. The lowest BCUT2D eigenvalue weighted by atomic mass is 9.99. The summed E-state index contributed by atoms with van der Waals surface area (Å²) in [7, 11) is 0. The highest BCUT2D eigenvalue weighted by Gasteiger charge is 2.33. The van der Waals surface area contributed by atoms with E-state index < -0.39 is 11.9 Å². The molecule has 1 aliphatic rings. The fourth-order valence-electron chi connectivity index (χ4n) is 2.85. The average molecular weight is 352 g/mol. The molecule has 3 rings (SSSR count). The number of nitrogens with one attached hydrogen (secondary N) is 2. The number of carbonyl (C=O) groups is 1. The van der Waals surface area contributed by atoms with E-state index in [2.05, 4.69) is 15.7 Å². The molecule has 5 nitrogen and oxygen atoms in total. The van der Waals surface area contributed by atoms with Crippen LogP contribution in [-0.4, -0.2) is 35.3 Å². The second kappa shape index (κ2) is 7.26. The van der Waals surface area contributed by atoms with Crippen LogP contribution in [-0.2, 0) is 6.18 Å². The lowest BCUT2D eigenvalue weighted by Crippen LogP contribution is -2.38. The van der Waals surface area contributed by atoms with Crippen LogP contribution < -0.4 is 10.6 Å². The summed E-state index contributed by atoms with van der Waals surface area (Å²) < 4.78 is 39.1. The van der Waals surface area contributed by atoms with Crippen LogP contribution in [0.1, 0.15) is 28.9 Å². The first-order valence-corrected chi connectivity index (χ1v) is 8.16. The molecule has 134 valence electrons. The number of hydrogen-bond acceptors (Lipinski definition) is 3. The van der Waals surface area contributed by atoms with Gasteiger partial charge in [0.25, 0.3) is 5.91 Å². The molecule has 1 amide bonds. The van der Waals surface area contributed by atoms with Gasteiger partial charge in [-0.25, -0.2) is 4.68 Å². The summed E-state index contributed by atoms with van der Waals surface area (Å²) >= 11 is 0. The topological polar surface area (TPSA) is 59.0 Å². The molecule has 2 N–H and O–H groups in total. The molecule has 25 heavy (non-hydrogen) atoms. The zero-order valence-electron chi connectivity index (χ0n) is 13.5. The Balaban J connectivity index is 1.68. The fraction of sp³-hybridized carbons (Fsp3) is 0.412. The molecule has 1 aromatic carbocycles. The Labute approximate surface area is 143 Å². The summed E-state index contributed by atoms with van der Waals surface area (Å²) in [6.07, 6.45) is -1.10. The second-order valence-corrected chi connectivity index (χ2v) is 6.12. The third-order valence-corrected chi connectivity index (χ3v) is 4.20. The molecule has 8 heteroatoms. The van der Waals surface area contributed by atoms with Gasteiger partial charge in [-0.2, -0.15) is 18.3 Å². The SMILES string of the molecule is O=C(NCC1CCCNC1)c1cccc(-n2ccc(C(F)(F)F)n2)c1. The number of nitrogens with zero attached hydrogens (tertiary/aromatic N) is 2. The Morgan fingerprint density at radius 2 is 2.20 bits per heavy atom. The molecule has 0 aliphatic carbocycles. The first-order chi connectivity index (χ1) is 11.9. The number of rotatable bonds is 4. The number of amides is 1. The highest BCUT2D eigenvalue weighted by atomic mass is 19.4. The lowest BCUT2D eigenvalue weighted by Gasteiger charge is -2.22. The maximum atomic E-state index is 12.7. The molecule has 1 aliphatic heterocycles. The molecule has 1 saturated heterocycles. The van der Waals surface area contributed by atoms with Crippen LogP contribution in [0.5, 0.6) is 0 Å². The Kier molecular flexibility index (Phi) is 5.08. The van der Waals surface area contributed by atoms with E-state index in [-0.39, 0.29) is 5.91 Å². The van der Waals surface area contributed by atoms with Crippen molar-refractivity contribution in [2.24, 2.45) is 5.92 Å². The molecule has 0 spiro atoms. The van der Waals surface area contributed by atoms with Crippen LogP contribution in [0.15, 0.2) is 36.5 Å². The van der Waals surface area contributed by atoms with Gasteiger partial charge in [-0.1, -0.05) is 6.07 Å². The zero-order chi connectivity index (χ0) is 17.9. The molecule has 1 aromatic heterocycles. The Bertz CT molecular complexity index is 735. The molecule has 2 aromatic rings. The van der Waals surface area contributed by atoms with Crippen LogP contribution in [0, 0.1) is 5.92 Å². The summed E-state index contributed by atoms with van der Waals surface area (Å²) in [5.41, 5.74) is -0.167. The van der Waals surface area contributed by atoms with Crippen molar-refractivity contribution in [2.45, 2.75) is 19.0 Å². The highest BCUT2D eigenvalue weighted by Crippen LogP contribution is 2.27. The van der Waals surface area contributed by atoms with Crippen LogP contribution >= 0.6 is 0 Å².